The number of nitro benzene ring substituents is 1. The van der Waals surface area contributed by atoms with Crippen LogP contribution < -0.4 is 4.90 Å². The van der Waals surface area contributed by atoms with E-state index in [4.69, 9.17) is 0 Å². The van der Waals surface area contributed by atoms with Gasteiger partial charge in [-0.15, -0.1) is 0 Å². The van der Waals surface area contributed by atoms with E-state index in [1.165, 1.54) is 0 Å². The van der Waals surface area contributed by atoms with E-state index >= 15 is 0 Å². The number of nitro groups is 1. The second-order valence-corrected chi connectivity index (χ2v) is 5.16. The Bertz CT molecular complexity index is 401. The topological polar surface area (TPSA) is 46.4 Å². The molecular formula is C11H15BrN2O2S. The molecule has 0 heterocycles. The molecule has 0 spiro atoms. The van der Waals surface area contributed by atoms with Gasteiger partial charge in [-0.1, -0.05) is 15.9 Å². The average molecular weight is 319 g/mol. The van der Waals surface area contributed by atoms with E-state index < -0.39 is 0 Å². The second-order valence-electron chi connectivity index (χ2n) is 3.62. The van der Waals surface area contributed by atoms with Crippen LogP contribution in [0.2, 0.25) is 0 Å². The van der Waals surface area contributed by atoms with Crippen LogP contribution in [0.3, 0.4) is 0 Å². The molecule has 17 heavy (non-hydrogen) atoms. The van der Waals surface area contributed by atoms with Crippen molar-refractivity contribution in [1.82, 2.24) is 0 Å². The first kappa shape index (κ1) is 14.3. The molecule has 0 aliphatic rings. The standard InChI is InChI=1S/C11H15BrN2O2S/c1-13(5-6-17-2)11-4-3-10(14(15)16)7-9(11)8-12/h3-4,7H,5-6,8H2,1-2H3. The van der Waals surface area contributed by atoms with Gasteiger partial charge in [0.2, 0.25) is 0 Å². The number of hydrogen-bond acceptors (Lipinski definition) is 4. The largest absolute Gasteiger partial charge is 0.374 e. The number of nitrogens with zero attached hydrogens (tertiary/aromatic N) is 2. The monoisotopic (exact) mass is 318 g/mol. The number of non-ortho nitro benzene ring substituents is 1. The predicted molar refractivity (Wildman–Crippen MR) is 77.4 cm³/mol. The van der Waals surface area contributed by atoms with Crippen molar-refractivity contribution in [2.24, 2.45) is 0 Å². The molecule has 0 radical (unpaired) electrons. The van der Waals surface area contributed by atoms with E-state index in [-0.39, 0.29) is 10.6 Å². The Balaban J connectivity index is 2.95. The van der Waals surface area contributed by atoms with Gasteiger partial charge in [-0.3, -0.25) is 10.1 Å². The van der Waals surface area contributed by atoms with E-state index in [0.29, 0.717) is 5.33 Å². The molecule has 0 saturated heterocycles. The van der Waals surface area contributed by atoms with Crippen LogP contribution in [-0.2, 0) is 5.33 Å². The number of benzene rings is 1. The first-order chi connectivity index (χ1) is 8.10. The maximum Gasteiger partial charge on any atom is 0.269 e. The fraction of sp³-hybridized carbons (Fsp3) is 0.455. The molecule has 94 valence electrons. The van der Waals surface area contributed by atoms with E-state index in [1.54, 1.807) is 23.9 Å². The van der Waals surface area contributed by atoms with Gasteiger partial charge in [0.15, 0.2) is 0 Å². The maximum absolute atomic E-state index is 10.7. The molecule has 0 fully saturated rings. The van der Waals surface area contributed by atoms with Crippen LogP contribution >= 0.6 is 27.7 Å². The minimum atomic E-state index is -0.363. The van der Waals surface area contributed by atoms with Gasteiger partial charge in [0.05, 0.1) is 4.92 Å². The van der Waals surface area contributed by atoms with Crippen molar-refractivity contribution in [3.63, 3.8) is 0 Å². The fourth-order valence-electron chi connectivity index (χ4n) is 1.51. The van der Waals surface area contributed by atoms with Gasteiger partial charge >= 0.3 is 0 Å². The summed E-state index contributed by atoms with van der Waals surface area (Å²) in [6.07, 6.45) is 2.06. The summed E-state index contributed by atoms with van der Waals surface area (Å²) in [7, 11) is 2.00. The molecule has 0 amide bonds. The van der Waals surface area contributed by atoms with Crippen molar-refractivity contribution in [3.8, 4) is 0 Å². The number of halogens is 1. The number of hydrogen-bond donors (Lipinski definition) is 0. The van der Waals surface area contributed by atoms with Crippen molar-refractivity contribution < 1.29 is 4.92 Å². The van der Waals surface area contributed by atoms with Gasteiger partial charge in [-0.2, -0.15) is 11.8 Å². The Hall–Kier alpha value is -0.750. The molecule has 0 aliphatic heterocycles. The molecule has 0 aliphatic carbocycles. The van der Waals surface area contributed by atoms with Crippen molar-refractivity contribution in [2.75, 3.05) is 30.5 Å². The quantitative estimate of drug-likeness (QED) is 0.458. The van der Waals surface area contributed by atoms with E-state index in [0.717, 1.165) is 23.5 Å². The fourth-order valence-corrected chi connectivity index (χ4v) is 2.42. The van der Waals surface area contributed by atoms with Crippen molar-refractivity contribution in [2.45, 2.75) is 5.33 Å². The lowest BCUT2D eigenvalue weighted by atomic mass is 10.1. The maximum atomic E-state index is 10.7. The highest BCUT2D eigenvalue weighted by Gasteiger charge is 2.12. The summed E-state index contributed by atoms with van der Waals surface area (Å²) in [5.74, 6) is 1.04. The van der Waals surface area contributed by atoms with Crippen molar-refractivity contribution in [1.29, 1.82) is 0 Å². The minimum Gasteiger partial charge on any atom is -0.374 e. The molecule has 6 heteroatoms. The number of alkyl halides is 1. The molecule has 1 rings (SSSR count). The first-order valence-electron chi connectivity index (χ1n) is 5.13. The molecule has 0 N–H and O–H groups in total. The summed E-state index contributed by atoms with van der Waals surface area (Å²) in [5.41, 5.74) is 2.13. The molecule has 1 aromatic rings. The Labute approximate surface area is 114 Å². The molecule has 4 nitrogen and oxygen atoms in total. The molecule has 0 saturated carbocycles. The zero-order valence-corrected chi connectivity index (χ0v) is 12.3. The smallest absolute Gasteiger partial charge is 0.269 e. The van der Waals surface area contributed by atoms with Gasteiger partial charge in [0.1, 0.15) is 0 Å². The molecule has 1 aromatic carbocycles. The van der Waals surface area contributed by atoms with Crippen LogP contribution in [0.5, 0.6) is 0 Å². The summed E-state index contributed by atoms with van der Waals surface area (Å²) in [6.45, 7) is 0.930. The summed E-state index contributed by atoms with van der Waals surface area (Å²) in [6, 6.07) is 4.99. The van der Waals surface area contributed by atoms with Crippen molar-refractivity contribution >= 4 is 39.1 Å². The highest BCUT2D eigenvalue weighted by atomic mass is 79.9. The zero-order chi connectivity index (χ0) is 12.8. The molecule has 0 bridgehead atoms. The summed E-state index contributed by atoms with van der Waals surface area (Å²) >= 11 is 5.16. The van der Waals surface area contributed by atoms with Crippen LogP contribution in [-0.4, -0.2) is 30.5 Å². The Morgan fingerprint density at radius 3 is 2.76 bits per heavy atom. The highest BCUT2D eigenvalue weighted by molar-refractivity contribution is 9.08. The third kappa shape index (κ3) is 3.89. The first-order valence-corrected chi connectivity index (χ1v) is 7.65. The number of anilines is 1. The predicted octanol–water partition coefficient (Wildman–Crippen LogP) is 3.29. The average Bonchev–Trinajstić information content (AvgIpc) is 2.34. The van der Waals surface area contributed by atoms with Crippen LogP contribution in [0.25, 0.3) is 0 Å². The third-order valence-corrected chi connectivity index (χ3v) is 3.65. The second kappa shape index (κ2) is 6.86. The van der Waals surface area contributed by atoms with Crippen LogP contribution in [0.4, 0.5) is 11.4 Å². The Kier molecular flexibility index (Phi) is 5.77. The molecule has 0 aromatic heterocycles. The zero-order valence-electron chi connectivity index (χ0n) is 9.85. The Morgan fingerprint density at radius 1 is 1.53 bits per heavy atom. The lowest BCUT2D eigenvalue weighted by Gasteiger charge is -2.21. The van der Waals surface area contributed by atoms with Gasteiger partial charge in [0, 0.05) is 42.5 Å². The molecular weight excluding hydrogens is 304 g/mol. The Morgan fingerprint density at radius 2 is 2.24 bits per heavy atom. The summed E-state index contributed by atoms with van der Waals surface area (Å²) < 4.78 is 0. The van der Waals surface area contributed by atoms with Crippen LogP contribution in [0.1, 0.15) is 5.56 Å². The van der Waals surface area contributed by atoms with Crippen LogP contribution in [0, 0.1) is 10.1 Å². The van der Waals surface area contributed by atoms with Crippen LogP contribution in [0.15, 0.2) is 18.2 Å². The number of thioether (sulfide) groups is 1. The lowest BCUT2D eigenvalue weighted by Crippen LogP contribution is -2.21. The summed E-state index contributed by atoms with van der Waals surface area (Å²) in [5, 5.41) is 11.3. The minimum absolute atomic E-state index is 0.140. The summed E-state index contributed by atoms with van der Waals surface area (Å²) in [4.78, 5) is 12.5. The van der Waals surface area contributed by atoms with Crippen molar-refractivity contribution in [3.05, 3.63) is 33.9 Å². The van der Waals surface area contributed by atoms with Gasteiger partial charge in [-0.25, -0.2) is 0 Å². The highest BCUT2D eigenvalue weighted by Crippen LogP contribution is 2.26. The molecule has 0 unspecified atom stereocenters. The van der Waals surface area contributed by atoms with Gasteiger partial charge in [0.25, 0.3) is 5.69 Å². The van der Waals surface area contributed by atoms with Gasteiger partial charge in [-0.05, 0) is 17.9 Å². The van der Waals surface area contributed by atoms with Gasteiger partial charge < -0.3 is 4.90 Å². The van der Waals surface area contributed by atoms with E-state index in [1.807, 2.05) is 13.1 Å². The van der Waals surface area contributed by atoms with E-state index in [2.05, 4.69) is 27.1 Å². The van der Waals surface area contributed by atoms with E-state index in [9.17, 15) is 10.1 Å². The normalized spacial score (nSPS) is 10.3. The lowest BCUT2D eigenvalue weighted by molar-refractivity contribution is -0.384. The third-order valence-electron chi connectivity index (χ3n) is 2.46. The number of rotatable bonds is 6. The molecule has 0 atom stereocenters. The SMILES string of the molecule is CSCCN(C)c1ccc([N+](=O)[O-])cc1CBr.